The minimum atomic E-state index is 0.0813. The largest absolute Gasteiger partial charge is 0.419 e. The van der Waals surface area contributed by atoms with Gasteiger partial charge < -0.3 is 9.32 Å². The number of carbonyl (C=O) groups excluding carboxylic acids is 1. The van der Waals surface area contributed by atoms with Gasteiger partial charge in [0.05, 0.1) is 17.1 Å². The highest BCUT2D eigenvalue weighted by atomic mass is 35.5. The van der Waals surface area contributed by atoms with Crippen molar-refractivity contribution in [3.63, 3.8) is 0 Å². The van der Waals surface area contributed by atoms with Crippen molar-refractivity contribution in [3.05, 3.63) is 35.2 Å². The van der Waals surface area contributed by atoms with Gasteiger partial charge in [-0.05, 0) is 44.7 Å². The van der Waals surface area contributed by atoms with E-state index in [9.17, 15) is 4.79 Å². The lowest BCUT2D eigenvalue weighted by Crippen LogP contribution is -2.36. The smallest absolute Gasteiger partial charge is 0.249 e. The van der Waals surface area contributed by atoms with E-state index >= 15 is 0 Å². The lowest BCUT2D eigenvalue weighted by atomic mass is 9.86. The third kappa shape index (κ3) is 5.57. The molecule has 3 rings (SSSR count). The fraction of sp³-hybridized carbons (Fsp3) is 0.591. The van der Waals surface area contributed by atoms with E-state index in [1.54, 1.807) is 6.07 Å². The number of rotatable bonds is 8. The molecule has 1 aromatic heterocycles. The third-order valence-electron chi connectivity index (χ3n) is 5.55. The molecule has 1 aromatic carbocycles. The van der Waals surface area contributed by atoms with Gasteiger partial charge in [0.25, 0.3) is 0 Å². The van der Waals surface area contributed by atoms with Crippen LogP contribution < -0.4 is 0 Å². The number of nitrogens with zero attached hydrogens (tertiary/aromatic N) is 3. The van der Waals surface area contributed by atoms with E-state index in [2.05, 4.69) is 10.2 Å². The monoisotopic (exact) mass is 403 g/mol. The van der Waals surface area contributed by atoms with Crippen LogP contribution >= 0.6 is 11.6 Å². The molecule has 0 spiro atoms. The Hall–Kier alpha value is -1.88. The van der Waals surface area contributed by atoms with Gasteiger partial charge in [-0.15, -0.1) is 10.2 Å². The van der Waals surface area contributed by atoms with Crippen molar-refractivity contribution in [2.24, 2.45) is 5.92 Å². The van der Waals surface area contributed by atoms with E-state index in [1.165, 1.54) is 32.1 Å². The molecule has 1 heterocycles. The fourth-order valence-electron chi connectivity index (χ4n) is 3.93. The first-order valence-corrected chi connectivity index (χ1v) is 10.8. The topological polar surface area (TPSA) is 59.2 Å². The van der Waals surface area contributed by atoms with Gasteiger partial charge in [0.15, 0.2) is 0 Å². The maximum Gasteiger partial charge on any atom is 0.249 e. The molecule has 0 aliphatic heterocycles. The number of halogens is 1. The molecule has 28 heavy (non-hydrogen) atoms. The molecule has 0 N–H and O–H groups in total. The van der Waals surface area contributed by atoms with E-state index in [1.807, 2.05) is 36.9 Å². The van der Waals surface area contributed by atoms with E-state index in [-0.39, 0.29) is 11.9 Å². The lowest BCUT2D eigenvalue weighted by molar-refractivity contribution is -0.134. The first kappa shape index (κ1) is 20.8. The van der Waals surface area contributed by atoms with Crippen LogP contribution in [0.3, 0.4) is 0 Å². The summed E-state index contributed by atoms with van der Waals surface area (Å²) in [5.41, 5.74) is 0.706. The van der Waals surface area contributed by atoms with Crippen LogP contribution in [-0.4, -0.2) is 27.0 Å². The standard InChI is InChI=1S/C22H30ClN3O2/c1-16(2)26(21(27)14-8-11-17-9-4-3-5-10-17)15-20-24-25-22(28-20)18-12-6-7-13-19(18)23/h6-7,12-13,16-17H,3-5,8-11,14-15H2,1-2H3. The molecular formula is C22H30ClN3O2. The van der Waals surface area contributed by atoms with Crippen LogP contribution in [0, 0.1) is 5.92 Å². The summed E-state index contributed by atoms with van der Waals surface area (Å²) in [6, 6.07) is 7.45. The van der Waals surface area contributed by atoms with Crippen molar-refractivity contribution in [3.8, 4) is 11.5 Å². The molecule has 1 amide bonds. The zero-order chi connectivity index (χ0) is 19.9. The number of carbonyl (C=O) groups is 1. The highest BCUT2D eigenvalue weighted by Gasteiger charge is 2.21. The van der Waals surface area contributed by atoms with Crippen LogP contribution in [0.15, 0.2) is 28.7 Å². The molecule has 2 aromatic rings. The van der Waals surface area contributed by atoms with Gasteiger partial charge in [-0.2, -0.15) is 0 Å². The highest BCUT2D eigenvalue weighted by molar-refractivity contribution is 6.33. The first-order chi connectivity index (χ1) is 13.5. The average Bonchev–Trinajstić information content (AvgIpc) is 3.15. The van der Waals surface area contributed by atoms with Gasteiger partial charge in [0, 0.05) is 12.5 Å². The van der Waals surface area contributed by atoms with Crippen LogP contribution in [-0.2, 0) is 11.3 Å². The van der Waals surface area contributed by atoms with Crippen molar-refractivity contribution in [1.29, 1.82) is 0 Å². The van der Waals surface area contributed by atoms with Crippen molar-refractivity contribution in [2.75, 3.05) is 0 Å². The Morgan fingerprint density at radius 1 is 1.21 bits per heavy atom. The van der Waals surface area contributed by atoms with E-state index in [0.29, 0.717) is 35.3 Å². The summed E-state index contributed by atoms with van der Waals surface area (Å²) in [5.74, 6) is 1.78. The Balaban J connectivity index is 1.57. The van der Waals surface area contributed by atoms with Crippen molar-refractivity contribution in [2.45, 2.75) is 77.8 Å². The summed E-state index contributed by atoms with van der Waals surface area (Å²) in [5, 5.41) is 8.79. The molecule has 1 aliphatic rings. The van der Waals surface area contributed by atoms with E-state index < -0.39 is 0 Å². The second-order valence-electron chi connectivity index (χ2n) is 7.99. The van der Waals surface area contributed by atoms with E-state index in [4.69, 9.17) is 16.0 Å². The first-order valence-electron chi connectivity index (χ1n) is 10.4. The maximum atomic E-state index is 12.8. The van der Waals surface area contributed by atoms with E-state index in [0.717, 1.165) is 18.8 Å². The molecule has 0 unspecified atom stereocenters. The maximum absolute atomic E-state index is 12.8. The van der Waals surface area contributed by atoms with Gasteiger partial charge >= 0.3 is 0 Å². The van der Waals surface area contributed by atoms with Crippen LogP contribution in [0.5, 0.6) is 0 Å². The SMILES string of the molecule is CC(C)N(Cc1nnc(-c2ccccc2Cl)o1)C(=O)CCCC1CCCCC1. The Morgan fingerprint density at radius 3 is 2.68 bits per heavy atom. The summed E-state index contributed by atoms with van der Waals surface area (Å²) in [6.45, 7) is 4.37. The normalized spacial score (nSPS) is 15.1. The molecule has 5 nitrogen and oxygen atoms in total. The van der Waals surface area contributed by atoms with Gasteiger partial charge in [-0.1, -0.05) is 55.8 Å². The number of benzene rings is 1. The number of aromatic nitrogens is 2. The lowest BCUT2D eigenvalue weighted by Gasteiger charge is -2.26. The minimum Gasteiger partial charge on any atom is -0.419 e. The number of hydrogen-bond acceptors (Lipinski definition) is 4. The second-order valence-corrected chi connectivity index (χ2v) is 8.40. The van der Waals surface area contributed by atoms with Gasteiger partial charge in [0.1, 0.15) is 0 Å². The van der Waals surface area contributed by atoms with Gasteiger partial charge in [-0.25, -0.2) is 0 Å². The summed E-state index contributed by atoms with van der Waals surface area (Å²) < 4.78 is 5.78. The summed E-state index contributed by atoms with van der Waals surface area (Å²) in [7, 11) is 0. The Kier molecular flexibility index (Phi) is 7.49. The average molecular weight is 404 g/mol. The van der Waals surface area contributed by atoms with Gasteiger partial charge in [-0.3, -0.25) is 4.79 Å². The summed E-state index contributed by atoms with van der Waals surface area (Å²) >= 11 is 6.20. The molecule has 6 heteroatoms. The molecule has 1 aliphatic carbocycles. The fourth-order valence-corrected chi connectivity index (χ4v) is 4.14. The minimum absolute atomic E-state index is 0.0813. The predicted octanol–water partition coefficient (Wildman–Crippen LogP) is 5.88. The highest BCUT2D eigenvalue weighted by Crippen LogP contribution is 2.28. The molecule has 0 atom stereocenters. The quantitative estimate of drug-likeness (QED) is 0.552. The molecule has 0 radical (unpaired) electrons. The summed E-state index contributed by atoms with van der Waals surface area (Å²) in [4.78, 5) is 14.6. The molecule has 1 saturated carbocycles. The van der Waals surface area contributed by atoms with Crippen LogP contribution in [0.25, 0.3) is 11.5 Å². The molecule has 152 valence electrons. The van der Waals surface area contributed by atoms with Crippen LogP contribution in [0.4, 0.5) is 0 Å². The molecular weight excluding hydrogens is 374 g/mol. The molecule has 1 fully saturated rings. The Bertz CT molecular complexity index is 769. The molecule has 0 bridgehead atoms. The number of amides is 1. The second kappa shape index (κ2) is 10.1. The Morgan fingerprint density at radius 2 is 1.96 bits per heavy atom. The van der Waals surface area contributed by atoms with Crippen LogP contribution in [0.2, 0.25) is 5.02 Å². The number of hydrogen-bond donors (Lipinski definition) is 0. The zero-order valence-corrected chi connectivity index (χ0v) is 17.6. The zero-order valence-electron chi connectivity index (χ0n) is 16.9. The molecule has 0 saturated heterocycles. The van der Waals surface area contributed by atoms with Crippen molar-refractivity contribution >= 4 is 17.5 Å². The summed E-state index contributed by atoms with van der Waals surface area (Å²) in [6.07, 6.45) is 9.43. The van der Waals surface area contributed by atoms with Crippen LogP contribution in [0.1, 0.15) is 71.1 Å². The Labute approximate surface area is 172 Å². The van der Waals surface area contributed by atoms with Crippen molar-refractivity contribution in [1.82, 2.24) is 15.1 Å². The van der Waals surface area contributed by atoms with Gasteiger partial charge in [0.2, 0.25) is 17.7 Å². The third-order valence-corrected chi connectivity index (χ3v) is 5.88. The van der Waals surface area contributed by atoms with Crippen molar-refractivity contribution < 1.29 is 9.21 Å². The predicted molar refractivity (Wildman–Crippen MR) is 111 cm³/mol.